The Morgan fingerprint density at radius 2 is 2.00 bits per heavy atom. The van der Waals surface area contributed by atoms with Crippen molar-refractivity contribution < 1.29 is 27.1 Å². The Bertz CT molecular complexity index is 732. The van der Waals surface area contributed by atoms with Crippen molar-refractivity contribution in [1.82, 2.24) is 4.98 Å². The summed E-state index contributed by atoms with van der Waals surface area (Å²) in [7, 11) is 0. The molecule has 0 aliphatic heterocycles. The van der Waals surface area contributed by atoms with Gasteiger partial charge in [-0.05, 0) is 25.1 Å². The van der Waals surface area contributed by atoms with Gasteiger partial charge in [-0.15, -0.1) is 0 Å². The average molecular weight is 343 g/mol. The first-order valence-corrected chi connectivity index (χ1v) is 6.73. The summed E-state index contributed by atoms with van der Waals surface area (Å²) in [4.78, 5) is 14.4. The van der Waals surface area contributed by atoms with Crippen LogP contribution in [0.5, 0.6) is 11.6 Å². The number of nitrogens with one attached hydrogen (secondary N) is 1. The molecule has 0 saturated heterocycles. The average Bonchev–Trinajstić information content (AvgIpc) is 2.49. The van der Waals surface area contributed by atoms with E-state index in [9.17, 15) is 22.4 Å². The standard InChI is InChI=1S/C15H13F4N3O2/c1-8(14(20)23)22-10-3-4-12(11(16)6-10)24-13-5-2-9(7-21-13)15(17,18)19/h2-8,22H,1H3,(H2,20,23)/t8-/m1/s1. The number of halogens is 4. The van der Waals surface area contributed by atoms with Crippen LogP contribution in [0.15, 0.2) is 36.5 Å². The topological polar surface area (TPSA) is 77.2 Å². The van der Waals surface area contributed by atoms with Crippen molar-refractivity contribution in [2.45, 2.75) is 19.1 Å². The molecule has 1 atom stereocenters. The second-order valence-corrected chi connectivity index (χ2v) is 4.90. The van der Waals surface area contributed by atoms with E-state index in [4.69, 9.17) is 10.5 Å². The van der Waals surface area contributed by atoms with Crippen molar-refractivity contribution in [3.63, 3.8) is 0 Å². The van der Waals surface area contributed by atoms with Gasteiger partial charge in [0.1, 0.15) is 6.04 Å². The maximum absolute atomic E-state index is 14.0. The van der Waals surface area contributed by atoms with E-state index in [-0.39, 0.29) is 11.6 Å². The lowest BCUT2D eigenvalue weighted by atomic mass is 10.2. The van der Waals surface area contributed by atoms with Gasteiger partial charge in [0.2, 0.25) is 11.8 Å². The molecule has 3 N–H and O–H groups in total. The Balaban J connectivity index is 2.11. The highest BCUT2D eigenvalue weighted by Crippen LogP contribution is 2.31. The number of ether oxygens (including phenoxy) is 1. The Labute approximate surface area is 134 Å². The summed E-state index contributed by atoms with van der Waals surface area (Å²) in [6.45, 7) is 1.51. The Morgan fingerprint density at radius 1 is 1.29 bits per heavy atom. The lowest BCUT2D eigenvalue weighted by molar-refractivity contribution is -0.137. The van der Waals surface area contributed by atoms with E-state index in [0.717, 1.165) is 18.2 Å². The number of rotatable bonds is 5. The Morgan fingerprint density at radius 3 is 2.50 bits per heavy atom. The first-order chi connectivity index (χ1) is 11.2. The van der Waals surface area contributed by atoms with Gasteiger partial charge in [0, 0.05) is 24.0 Å². The van der Waals surface area contributed by atoms with E-state index in [1.165, 1.54) is 19.1 Å². The van der Waals surface area contributed by atoms with Crippen molar-refractivity contribution in [2.75, 3.05) is 5.32 Å². The molecule has 0 saturated carbocycles. The maximum atomic E-state index is 14.0. The van der Waals surface area contributed by atoms with Crippen LogP contribution in [0.4, 0.5) is 23.2 Å². The zero-order valence-corrected chi connectivity index (χ0v) is 12.4. The number of pyridine rings is 1. The van der Waals surface area contributed by atoms with Crippen molar-refractivity contribution >= 4 is 11.6 Å². The molecular weight excluding hydrogens is 330 g/mol. The molecule has 0 fully saturated rings. The van der Waals surface area contributed by atoms with Crippen LogP contribution in [0, 0.1) is 5.82 Å². The fourth-order valence-electron chi connectivity index (χ4n) is 1.72. The first kappa shape index (κ1) is 17.5. The number of anilines is 1. The van der Waals surface area contributed by atoms with E-state index in [1.54, 1.807) is 0 Å². The molecule has 0 bridgehead atoms. The molecule has 0 radical (unpaired) electrons. The molecule has 2 aromatic rings. The lowest BCUT2D eigenvalue weighted by Crippen LogP contribution is -2.32. The van der Waals surface area contributed by atoms with Crippen LogP contribution in [-0.4, -0.2) is 16.9 Å². The highest BCUT2D eigenvalue weighted by Gasteiger charge is 2.30. The van der Waals surface area contributed by atoms with Crippen molar-refractivity contribution in [1.29, 1.82) is 0 Å². The third kappa shape index (κ3) is 4.34. The molecular formula is C15H13F4N3O2. The van der Waals surface area contributed by atoms with Gasteiger partial charge in [-0.2, -0.15) is 13.2 Å². The van der Waals surface area contributed by atoms with Gasteiger partial charge < -0.3 is 15.8 Å². The van der Waals surface area contributed by atoms with Crippen LogP contribution >= 0.6 is 0 Å². The number of nitrogens with two attached hydrogens (primary N) is 1. The zero-order chi connectivity index (χ0) is 17.9. The first-order valence-electron chi connectivity index (χ1n) is 6.73. The minimum Gasteiger partial charge on any atom is -0.436 e. The van der Waals surface area contributed by atoms with Crippen molar-refractivity contribution in [2.24, 2.45) is 5.73 Å². The number of hydrogen-bond donors (Lipinski definition) is 2. The van der Waals surface area contributed by atoms with Gasteiger partial charge >= 0.3 is 6.18 Å². The van der Waals surface area contributed by atoms with Gasteiger partial charge in [-0.1, -0.05) is 0 Å². The van der Waals surface area contributed by atoms with E-state index in [0.29, 0.717) is 11.9 Å². The Hall–Kier alpha value is -2.84. The molecule has 2 rings (SSSR count). The summed E-state index contributed by atoms with van der Waals surface area (Å²) < 4.78 is 56.4. The zero-order valence-electron chi connectivity index (χ0n) is 12.4. The lowest BCUT2D eigenvalue weighted by Gasteiger charge is -2.13. The minimum absolute atomic E-state index is 0.187. The van der Waals surface area contributed by atoms with E-state index >= 15 is 0 Å². The molecule has 1 heterocycles. The van der Waals surface area contributed by atoms with Crippen LogP contribution in [0.3, 0.4) is 0 Å². The van der Waals surface area contributed by atoms with Gasteiger partial charge in [0.05, 0.1) is 5.56 Å². The van der Waals surface area contributed by atoms with E-state index < -0.39 is 29.5 Å². The minimum atomic E-state index is -4.51. The molecule has 0 unspecified atom stereocenters. The van der Waals surface area contributed by atoms with Gasteiger partial charge in [0.25, 0.3) is 0 Å². The second kappa shape index (κ2) is 6.73. The third-order valence-corrected chi connectivity index (χ3v) is 3.02. The summed E-state index contributed by atoms with van der Waals surface area (Å²) in [6.07, 6.45) is -3.92. The fraction of sp³-hybridized carbons (Fsp3) is 0.200. The normalized spacial score (nSPS) is 12.5. The molecule has 0 spiro atoms. The molecule has 1 aromatic heterocycles. The molecule has 24 heavy (non-hydrogen) atoms. The SMILES string of the molecule is C[C@@H](Nc1ccc(Oc2ccc(C(F)(F)F)cn2)c(F)c1)C(N)=O. The number of amides is 1. The van der Waals surface area contributed by atoms with Crippen LogP contribution < -0.4 is 15.8 Å². The van der Waals surface area contributed by atoms with E-state index in [1.807, 2.05) is 0 Å². The maximum Gasteiger partial charge on any atom is 0.417 e. The van der Waals surface area contributed by atoms with Crippen LogP contribution in [-0.2, 0) is 11.0 Å². The molecule has 0 aliphatic rings. The number of hydrogen-bond acceptors (Lipinski definition) is 4. The number of carbonyl (C=O) groups excluding carboxylic acids is 1. The molecule has 1 aromatic carbocycles. The second-order valence-electron chi connectivity index (χ2n) is 4.90. The number of alkyl halides is 3. The van der Waals surface area contributed by atoms with Crippen LogP contribution in [0.1, 0.15) is 12.5 Å². The number of primary amides is 1. The molecule has 128 valence electrons. The summed E-state index contributed by atoms with van der Waals surface area (Å²) >= 11 is 0. The van der Waals surface area contributed by atoms with E-state index in [2.05, 4.69) is 10.3 Å². The monoisotopic (exact) mass is 343 g/mol. The van der Waals surface area contributed by atoms with Gasteiger partial charge in [-0.3, -0.25) is 4.79 Å². The molecule has 5 nitrogen and oxygen atoms in total. The smallest absolute Gasteiger partial charge is 0.417 e. The summed E-state index contributed by atoms with van der Waals surface area (Å²) in [6, 6.07) is 4.83. The number of carbonyl (C=O) groups is 1. The predicted octanol–water partition coefficient (Wildman–Crippen LogP) is 3.32. The fourth-order valence-corrected chi connectivity index (χ4v) is 1.72. The molecule has 1 amide bonds. The Kier molecular flexibility index (Phi) is 4.91. The van der Waals surface area contributed by atoms with Gasteiger partial charge in [0.15, 0.2) is 11.6 Å². The van der Waals surface area contributed by atoms with Crippen LogP contribution in [0.25, 0.3) is 0 Å². The molecule has 9 heteroatoms. The number of benzene rings is 1. The number of nitrogens with zero attached hydrogens (tertiary/aromatic N) is 1. The summed E-state index contributed by atoms with van der Waals surface area (Å²) in [5, 5.41) is 2.69. The highest BCUT2D eigenvalue weighted by molar-refractivity contribution is 5.82. The summed E-state index contributed by atoms with van der Waals surface area (Å²) in [5.74, 6) is -1.80. The third-order valence-electron chi connectivity index (χ3n) is 3.02. The summed E-state index contributed by atoms with van der Waals surface area (Å²) in [5.41, 5.74) is 4.45. The highest BCUT2D eigenvalue weighted by atomic mass is 19.4. The van der Waals surface area contributed by atoms with Crippen molar-refractivity contribution in [3.05, 3.63) is 47.9 Å². The van der Waals surface area contributed by atoms with Crippen LogP contribution in [0.2, 0.25) is 0 Å². The predicted molar refractivity (Wildman–Crippen MR) is 78.0 cm³/mol. The number of aromatic nitrogens is 1. The quantitative estimate of drug-likeness (QED) is 0.817. The van der Waals surface area contributed by atoms with Crippen molar-refractivity contribution in [3.8, 4) is 11.6 Å². The largest absolute Gasteiger partial charge is 0.436 e. The van der Waals surface area contributed by atoms with Gasteiger partial charge in [-0.25, -0.2) is 9.37 Å². The molecule has 0 aliphatic carbocycles.